The molecule has 44 heavy (non-hydrogen) atoms. The van der Waals surface area contributed by atoms with E-state index in [1.165, 1.54) is 7.11 Å². The fourth-order valence-electron chi connectivity index (χ4n) is 5.08. The lowest BCUT2D eigenvalue weighted by molar-refractivity contribution is -0.146. The Morgan fingerprint density at radius 1 is 0.977 bits per heavy atom. The van der Waals surface area contributed by atoms with Crippen LogP contribution in [0.1, 0.15) is 40.7 Å². The van der Waals surface area contributed by atoms with Gasteiger partial charge in [0.05, 0.1) is 12.7 Å². The number of nitrogens with one attached hydrogen (secondary N) is 1. The molecule has 0 bridgehead atoms. The van der Waals surface area contributed by atoms with Gasteiger partial charge >= 0.3 is 5.97 Å². The average molecular weight is 617 g/mol. The van der Waals surface area contributed by atoms with Crippen molar-refractivity contribution in [2.45, 2.75) is 38.1 Å². The molecule has 1 heterocycles. The Balaban J connectivity index is 1.63. The monoisotopic (exact) mass is 616 g/mol. The lowest BCUT2D eigenvalue weighted by Gasteiger charge is -2.24. The topological polar surface area (TPSA) is 102 Å². The van der Waals surface area contributed by atoms with Gasteiger partial charge in [0.1, 0.15) is 18.4 Å². The maximum Gasteiger partial charge on any atom is 0.328 e. The van der Waals surface area contributed by atoms with Crippen molar-refractivity contribution in [1.29, 1.82) is 0 Å². The lowest BCUT2D eigenvalue weighted by atomic mass is 9.90. The van der Waals surface area contributed by atoms with E-state index >= 15 is 0 Å². The summed E-state index contributed by atoms with van der Waals surface area (Å²) in [6.07, 6.45) is 4.49. The molecule has 230 valence electrons. The minimum absolute atomic E-state index is 0.0192. The van der Waals surface area contributed by atoms with Crippen LogP contribution in [0.15, 0.2) is 91.0 Å². The second kappa shape index (κ2) is 16.4. The van der Waals surface area contributed by atoms with Crippen molar-refractivity contribution in [3.8, 4) is 5.75 Å². The maximum atomic E-state index is 13.7. The number of amides is 2. The summed E-state index contributed by atoms with van der Waals surface area (Å²) in [5.74, 6) is -2.08. The van der Waals surface area contributed by atoms with Crippen LogP contribution >= 0.6 is 11.6 Å². The quantitative estimate of drug-likeness (QED) is 0.301. The smallest absolute Gasteiger partial charge is 0.328 e. The summed E-state index contributed by atoms with van der Waals surface area (Å²) < 4.78 is 10.9. The van der Waals surface area contributed by atoms with Crippen LogP contribution in [-0.4, -0.2) is 61.3 Å². The number of fused-ring (bicyclic) bond motifs is 1. The number of nitrogens with zero attached hydrogens (tertiary/aromatic N) is 1. The number of hydrogen-bond acceptors (Lipinski definition) is 6. The van der Waals surface area contributed by atoms with Crippen LogP contribution in [0.5, 0.6) is 5.75 Å². The number of esters is 1. The van der Waals surface area contributed by atoms with E-state index in [1.807, 2.05) is 66.7 Å². The fraction of sp³-hybridized carbons (Fsp3) is 0.314. The van der Waals surface area contributed by atoms with Crippen molar-refractivity contribution < 1.29 is 28.7 Å². The summed E-state index contributed by atoms with van der Waals surface area (Å²) >= 11 is 6.23. The minimum atomic E-state index is -1.05. The third-order valence-electron chi connectivity index (χ3n) is 7.51. The number of ketones is 1. The molecule has 3 aromatic rings. The number of carbonyl (C=O) groups excluding carboxylic acids is 4. The van der Waals surface area contributed by atoms with Gasteiger partial charge in [0.15, 0.2) is 5.78 Å². The molecule has 0 unspecified atom stereocenters. The van der Waals surface area contributed by atoms with Gasteiger partial charge in [0.2, 0.25) is 11.8 Å². The lowest BCUT2D eigenvalue weighted by Crippen LogP contribution is -2.46. The molecular weight excluding hydrogens is 580 g/mol. The van der Waals surface area contributed by atoms with Crippen molar-refractivity contribution in [2.24, 2.45) is 5.92 Å². The number of halogens is 1. The first-order valence-corrected chi connectivity index (χ1v) is 15.1. The summed E-state index contributed by atoms with van der Waals surface area (Å²) in [5, 5.41) is 3.18. The highest BCUT2D eigenvalue weighted by atomic mass is 35.5. The summed E-state index contributed by atoms with van der Waals surface area (Å²) in [6, 6.07) is 22.9. The van der Waals surface area contributed by atoms with E-state index in [4.69, 9.17) is 21.1 Å². The Morgan fingerprint density at radius 2 is 1.68 bits per heavy atom. The van der Waals surface area contributed by atoms with E-state index in [0.29, 0.717) is 35.8 Å². The molecule has 0 aliphatic carbocycles. The van der Waals surface area contributed by atoms with Gasteiger partial charge in [-0.25, -0.2) is 4.79 Å². The highest BCUT2D eigenvalue weighted by molar-refractivity contribution is 6.30. The minimum Gasteiger partial charge on any atom is -0.489 e. The van der Waals surface area contributed by atoms with Gasteiger partial charge in [0, 0.05) is 36.9 Å². The Hall–Kier alpha value is -4.43. The van der Waals surface area contributed by atoms with Crippen LogP contribution in [0.4, 0.5) is 0 Å². The molecule has 1 N–H and O–H groups in total. The molecule has 1 aliphatic rings. The first-order chi connectivity index (χ1) is 21.3. The van der Waals surface area contributed by atoms with Crippen LogP contribution in [0, 0.1) is 5.92 Å². The average Bonchev–Trinajstić information content (AvgIpc) is 3.04. The second-order valence-electron chi connectivity index (χ2n) is 10.6. The molecule has 0 saturated carbocycles. The number of hydrogen-bond donors (Lipinski definition) is 1. The predicted molar refractivity (Wildman–Crippen MR) is 169 cm³/mol. The number of benzene rings is 3. The van der Waals surface area contributed by atoms with Gasteiger partial charge in [-0.2, -0.15) is 0 Å². The van der Waals surface area contributed by atoms with Gasteiger partial charge in [0.25, 0.3) is 0 Å². The molecule has 8 nitrogen and oxygen atoms in total. The van der Waals surface area contributed by atoms with E-state index in [9.17, 15) is 19.2 Å². The second-order valence-corrected chi connectivity index (χ2v) is 11.1. The molecule has 0 saturated heterocycles. The van der Waals surface area contributed by atoms with Gasteiger partial charge in [-0.15, -0.1) is 0 Å². The third-order valence-corrected chi connectivity index (χ3v) is 7.75. The first kappa shape index (κ1) is 32.5. The maximum absolute atomic E-state index is 13.7. The standard InChI is InChI=1S/C35H37ClN2O6/c1-43-35(42)30-16-17-33(40)38(20-18-25-10-4-2-5-11-25)19-8-9-21-44-32-24-28(36)14-15-29(32)31(39)23-27(34(41)37-30)22-26-12-6-3-7-13-26/h2-15,24,27,30H,16-23H2,1H3,(H,37,41)/b9-8+/t27-,30-/m0/s1. The fourth-order valence-corrected chi connectivity index (χ4v) is 5.24. The highest BCUT2D eigenvalue weighted by Crippen LogP contribution is 2.27. The first-order valence-electron chi connectivity index (χ1n) is 14.7. The van der Waals surface area contributed by atoms with Gasteiger partial charge in [-0.1, -0.05) is 78.3 Å². The molecule has 3 aromatic carbocycles. The molecule has 1 aliphatic heterocycles. The van der Waals surface area contributed by atoms with Crippen molar-refractivity contribution in [3.63, 3.8) is 0 Å². The zero-order chi connectivity index (χ0) is 31.3. The Kier molecular flexibility index (Phi) is 12.1. The van der Waals surface area contributed by atoms with Gasteiger partial charge in [-0.05, 0) is 54.7 Å². The van der Waals surface area contributed by atoms with E-state index in [0.717, 1.165) is 11.1 Å². The molecule has 4 rings (SSSR count). The molecule has 0 fully saturated rings. The SMILES string of the molecule is COC(=O)[C@@H]1CCC(=O)N(CCc2ccccc2)C/C=C/COc2cc(Cl)ccc2C(=O)C[C@H](Cc2ccccc2)C(=O)N1. The van der Waals surface area contributed by atoms with Gasteiger partial charge < -0.3 is 19.7 Å². The van der Waals surface area contributed by atoms with Crippen LogP contribution in [-0.2, 0) is 32.0 Å². The molecule has 0 radical (unpaired) electrons. The van der Waals surface area contributed by atoms with Crippen LogP contribution in [0.25, 0.3) is 0 Å². The summed E-state index contributed by atoms with van der Waals surface area (Å²) in [4.78, 5) is 55.2. The Morgan fingerprint density at radius 3 is 2.39 bits per heavy atom. The van der Waals surface area contributed by atoms with Crippen molar-refractivity contribution in [2.75, 3.05) is 26.8 Å². The summed E-state index contributed by atoms with van der Waals surface area (Å²) in [6.45, 7) is 0.944. The van der Waals surface area contributed by atoms with E-state index in [2.05, 4.69) is 5.32 Å². The largest absolute Gasteiger partial charge is 0.489 e. The molecular formula is C35H37ClN2O6. The van der Waals surface area contributed by atoms with Crippen molar-refractivity contribution >= 4 is 35.2 Å². The van der Waals surface area contributed by atoms with E-state index in [1.54, 1.807) is 29.2 Å². The molecule has 9 heteroatoms. The van der Waals surface area contributed by atoms with Crippen molar-refractivity contribution in [1.82, 2.24) is 10.2 Å². The van der Waals surface area contributed by atoms with Crippen molar-refractivity contribution in [3.05, 3.63) is 113 Å². The number of Topliss-reactive ketones (excluding diaryl/α,β-unsaturated/α-hetero) is 1. The molecule has 2 amide bonds. The third kappa shape index (κ3) is 9.54. The molecule has 0 aromatic heterocycles. The van der Waals surface area contributed by atoms with E-state index < -0.39 is 23.8 Å². The Labute approximate surface area is 263 Å². The number of rotatable bonds is 6. The number of methoxy groups -OCH3 is 1. The normalized spacial score (nSPS) is 19.2. The van der Waals surface area contributed by atoms with Crippen LogP contribution in [0.2, 0.25) is 5.02 Å². The zero-order valence-electron chi connectivity index (χ0n) is 24.7. The van der Waals surface area contributed by atoms with Crippen LogP contribution in [0.3, 0.4) is 0 Å². The van der Waals surface area contributed by atoms with Crippen LogP contribution < -0.4 is 10.1 Å². The highest BCUT2D eigenvalue weighted by Gasteiger charge is 2.30. The zero-order valence-corrected chi connectivity index (χ0v) is 25.5. The number of carbonyl (C=O) groups is 4. The number of ether oxygens (including phenoxy) is 2. The molecule has 2 atom stereocenters. The summed E-state index contributed by atoms with van der Waals surface area (Å²) in [5.41, 5.74) is 2.27. The Bertz CT molecular complexity index is 1460. The predicted octanol–water partition coefficient (Wildman–Crippen LogP) is 5.23. The van der Waals surface area contributed by atoms with E-state index in [-0.39, 0.29) is 44.0 Å². The molecule has 0 spiro atoms. The summed E-state index contributed by atoms with van der Waals surface area (Å²) in [7, 11) is 1.24. The van der Waals surface area contributed by atoms with Gasteiger partial charge in [-0.3, -0.25) is 14.4 Å².